The number of carbonyl (C=O) groups excluding carboxylic acids is 2. The van der Waals surface area contributed by atoms with Crippen LogP contribution in [0.1, 0.15) is 109 Å². The molecule has 228 valence electrons. The normalized spacial score (nSPS) is 15.6. The van der Waals surface area contributed by atoms with E-state index in [-0.39, 0.29) is 39.5 Å². The van der Waals surface area contributed by atoms with E-state index in [1.165, 1.54) is 0 Å². The first-order chi connectivity index (χ1) is 16.7. The van der Waals surface area contributed by atoms with E-state index in [1.807, 2.05) is 27.6 Å². The minimum atomic E-state index is -2.08. The van der Waals surface area contributed by atoms with Gasteiger partial charge in [-0.15, -0.1) is 0 Å². The van der Waals surface area contributed by atoms with E-state index >= 15 is 0 Å². The molecule has 0 saturated carbocycles. The number of nitrogens with zero attached hydrogens (tertiary/aromatic N) is 1. The van der Waals surface area contributed by atoms with Crippen LogP contribution in [0.4, 0.5) is 0 Å². The minimum absolute atomic E-state index is 0.0363. The molecule has 2 unspecified atom stereocenters. The highest BCUT2D eigenvalue weighted by atomic mass is 28.4. The topological polar surface area (TPSA) is 65.1 Å². The lowest BCUT2D eigenvalue weighted by Gasteiger charge is -2.43. The third kappa shape index (κ3) is 14.5. The Morgan fingerprint density at radius 2 is 1.24 bits per heavy atom. The number of carbonyl (C=O) groups is 2. The molecule has 38 heavy (non-hydrogen) atoms. The summed E-state index contributed by atoms with van der Waals surface area (Å²) < 4.78 is 16.6. The first-order valence-corrected chi connectivity index (χ1v) is 16.7. The van der Waals surface area contributed by atoms with Crippen molar-refractivity contribution in [3.8, 4) is 0 Å². The summed E-state index contributed by atoms with van der Waals surface area (Å²) in [5.41, 5.74) is -0.356. The second-order valence-corrected chi connectivity index (χ2v) is 19.6. The molecule has 7 heteroatoms. The summed E-state index contributed by atoms with van der Waals surface area (Å²) in [6.07, 6.45) is 2.50. The number of amides is 1. The van der Waals surface area contributed by atoms with Gasteiger partial charge < -0.3 is 18.5 Å². The van der Waals surface area contributed by atoms with Crippen molar-refractivity contribution in [2.75, 3.05) is 34.9 Å². The minimum Gasteiger partial charge on any atom is -0.465 e. The van der Waals surface area contributed by atoms with E-state index in [9.17, 15) is 9.59 Å². The zero-order valence-corrected chi connectivity index (χ0v) is 29.6. The molecule has 1 amide bonds. The van der Waals surface area contributed by atoms with Crippen molar-refractivity contribution in [3.63, 3.8) is 0 Å². The summed E-state index contributed by atoms with van der Waals surface area (Å²) in [6, 6.07) is 0.818. The predicted octanol–water partition coefficient (Wildman–Crippen LogP) is 7.95. The summed E-state index contributed by atoms with van der Waals surface area (Å²) in [7, 11) is 4.96. The lowest BCUT2D eigenvalue weighted by molar-refractivity contribution is -0.164. The largest absolute Gasteiger partial charge is 0.465 e. The molecule has 0 aliphatic rings. The fourth-order valence-corrected chi connectivity index (χ4v) is 5.76. The molecule has 0 aromatic heterocycles. The van der Waals surface area contributed by atoms with Gasteiger partial charge in [-0.3, -0.25) is 9.59 Å². The van der Waals surface area contributed by atoms with Crippen LogP contribution in [0, 0.1) is 33.0 Å². The maximum Gasteiger partial charge on any atom is 0.334 e. The van der Waals surface area contributed by atoms with Gasteiger partial charge in [-0.25, -0.2) is 0 Å². The van der Waals surface area contributed by atoms with Crippen LogP contribution in [-0.2, 0) is 23.2 Å². The maximum atomic E-state index is 12.8. The van der Waals surface area contributed by atoms with Crippen molar-refractivity contribution < 1.29 is 23.2 Å². The Kier molecular flexibility index (Phi) is 15.1. The van der Waals surface area contributed by atoms with E-state index in [0.717, 1.165) is 25.3 Å². The molecule has 0 aliphatic heterocycles. The highest BCUT2D eigenvalue weighted by molar-refractivity contribution is 6.65. The van der Waals surface area contributed by atoms with Gasteiger partial charge >= 0.3 is 14.5 Å². The van der Waals surface area contributed by atoms with Crippen molar-refractivity contribution in [2.45, 2.75) is 122 Å². The van der Waals surface area contributed by atoms with Crippen molar-refractivity contribution in [1.29, 1.82) is 0 Å². The van der Waals surface area contributed by atoms with Crippen LogP contribution in [0.15, 0.2) is 0 Å². The van der Waals surface area contributed by atoms with Gasteiger partial charge in [-0.1, -0.05) is 83.1 Å². The first kappa shape index (κ1) is 39.2. The van der Waals surface area contributed by atoms with Crippen molar-refractivity contribution in [1.82, 2.24) is 4.90 Å². The summed E-state index contributed by atoms with van der Waals surface area (Å²) >= 11 is 0. The predicted molar refractivity (Wildman–Crippen MR) is 163 cm³/mol. The van der Waals surface area contributed by atoms with Crippen LogP contribution in [0.25, 0.3) is 0 Å². The second-order valence-electron chi connectivity index (χ2n) is 16.0. The number of hydrogen-bond acceptors (Lipinski definition) is 5. The van der Waals surface area contributed by atoms with Gasteiger partial charge in [-0.2, -0.15) is 0 Å². The molecule has 0 fully saturated rings. The number of rotatable bonds is 10. The summed E-state index contributed by atoms with van der Waals surface area (Å²) in [4.78, 5) is 26.6. The van der Waals surface area contributed by atoms with E-state index in [2.05, 4.69) is 83.1 Å². The third-order valence-electron chi connectivity index (χ3n) is 7.46. The highest BCUT2D eigenvalue weighted by Crippen LogP contribution is 2.47. The zero-order chi connectivity index (χ0) is 31.0. The Balaban J connectivity index is 0. The molecule has 0 radical (unpaired) electrons. The van der Waals surface area contributed by atoms with Crippen LogP contribution in [0.3, 0.4) is 0 Å². The van der Waals surface area contributed by atoms with Gasteiger partial charge in [0.25, 0.3) is 0 Å². The maximum absolute atomic E-state index is 12.8. The van der Waals surface area contributed by atoms with Gasteiger partial charge in [0.1, 0.15) is 0 Å². The molecule has 0 rings (SSSR count). The smallest absolute Gasteiger partial charge is 0.334 e. The standard InChI is InChI=1S/C18H38O4Si.C13H27NO/c1-16(2,3)14-18(7,17(4,5)6)15(19)22-12-11-13-23(10,20-8)21-9;1-12(2,3)9-10(13(4,5)6)11(15)14(7)8/h11-14H2,1-10H3;10H,9H2,1-8H3. The molecule has 0 N–H and O–H groups in total. The van der Waals surface area contributed by atoms with E-state index in [0.29, 0.717) is 6.61 Å². The van der Waals surface area contributed by atoms with Crippen LogP contribution in [0.2, 0.25) is 12.6 Å². The van der Waals surface area contributed by atoms with Gasteiger partial charge in [0.2, 0.25) is 5.91 Å². The average molecular weight is 560 g/mol. The molecule has 0 aromatic rings. The lowest BCUT2D eigenvalue weighted by Crippen LogP contribution is -2.44. The SMILES string of the molecule is CN(C)C(=O)C(CC(C)(C)C)C(C)(C)C.CO[Si](C)(CCCOC(=O)C(C)(CC(C)(C)C)C(C)(C)C)OC. The van der Waals surface area contributed by atoms with E-state index in [1.54, 1.807) is 19.1 Å². The second kappa shape index (κ2) is 14.6. The molecule has 0 saturated heterocycles. The average Bonchev–Trinajstić information content (AvgIpc) is 2.71. The van der Waals surface area contributed by atoms with Gasteiger partial charge in [0, 0.05) is 34.2 Å². The zero-order valence-electron chi connectivity index (χ0n) is 28.6. The Morgan fingerprint density at radius 3 is 1.53 bits per heavy atom. The Bertz CT molecular complexity index is 719. The van der Waals surface area contributed by atoms with Gasteiger partial charge in [0.05, 0.1) is 12.0 Å². The number of esters is 1. The number of hydrogen-bond donors (Lipinski definition) is 0. The Labute approximate surface area is 238 Å². The van der Waals surface area contributed by atoms with Crippen molar-refractivity contribution in [3.05, 3.63) is 0 Å². The lowest BCUT2D eigenvalue weighted by atomic mass is 9.61. The molecule has 0 bridgehead atoms. The fraction of sp³-hybridized carbons (Fsp3) is 0.935. The molecule has 0 heterocycles. The van der Waals surface area contributed by atoms with Crippen LogP contribution in [-0.4, -0.2) is 60.3 Å². The summed E-state index contributed by atoms with van der Waals surface area (Å²) in [5, 5.41) is 0. The van der Waals surface area contributed by atoms with E-state index < -0.39 is 14.0 Å². The van der Waals surface area contributed by atoms with E-state index in [4.69, 9.17) is 13.6 Å². The van der Waals surface area contributed by atoms with Gasteiger partial charge in [-0.05, 0) is 60.4 Å². The van der Waals surface area contributed by atoms with Crippen LogP contribution in [0.5, 0.6) is 0 Å². The fourth-order valence-electron chi connectivity index (χ4n) is 4.40. The molecule has 2 atom stereocenters. The Hall–Kier alpha value is -0.923. The highest BCUT2D eigenvalue weighted by Gasteiger charge is 2.47. The molecular weight excluding hydrogens is 494 g/mol. The molecular formula is C31H65NO5Si. The van der Waals surface area contributed by atoms with Crippen molar-refractivity contribution in [2.24, 2.45) is 33.0 Å². The van der Waals surface area contributed by atoms with Gasteiger partial charge in [0.15, 0.2) is 0 Å². The number of ether oxygens (including phenoxy) is 1. The monoisotopic (exact) mass is 559 g/mol. The molecule has 6 nitrogen and oxygen atoms in total. The quantitative estimate of drug-likeness (QED) is 0.154. The summed E-state index contributed by atoms with van der Waals surface area (Å²) in [6.45, 7) is 30.3. The first-order valence-electron chi connectivity index (χ1n) is 14.1. The molecule has 0 aliphatic carbocycles. The summed E-state index contributed by atoms with van der Waals surface area (Å²) in [5.74, 6) is 0.253. The van der Waals surface area contributed by atoms with Crippen LogP contribution < -0.4 is 0 Å². The third-order valence-corrected chi connectivity index (χ3v) is 10.5. The molecule has 0 spiro atoms. The van der Waals surface area contributed by atoms with Crippen LogP contribution >= 0.6 is 0 Å². The molecule has 0 aromatic carbocycles. The Morgan fingerprint density at radius 1 is 0.789 bits per heavy atom. The van der Waals surface area contributed by atoms with Crippen molar-refractivity contribution >= 4 is 20.4 Å².